The van der Waals surface area contributed by atoms with Crippen molar-refractivity contribution < 1.29 is 9.13 Å². The van der Waals surface area contributed by atoms with Crippen LogP contribution in [0.5, 0.6) is 5.75 Å². The van der Waals surface area contributed by atoms with Gasteiger partial charge in [-0.25, -0.2) is 4.39 Å². The van der Waals surface area contributed by atoms with Crippen LogP contribution in [0.4, 0.5) is 4.39 Å². The van der Waals surface area contributed by atoms with Crippen LogP contribution in [0.3, 0.4) is 0 Å². The summed E-state index contributed by atoms with van der Waals surface area (Å²) in [6, 6.07) is 12.2. The molecular weight excluding hydrogens is 265 g/mol. The zero-order valence-corrected chi connectivity index (χ0v) is 12.8. The molecule has 0 saturated heterocycles. The maximum Gasteiger partial charge on any atom is 0.123 e. The van der Waals surface area contributed by atoms with Gasteiger partial charge in [0.05, 0.1) is 6.04 Å². The molecule has 0 heterocycles. The molecule has 0 aliphatic heterocycles. The lowest BCUT2D eigenvalue weighted by atomic mass is 10.0. The van der Waals surface area contributed by atoms with Crippen molar-refractivity contribution in [2.75, 3.05) is 6.61 Å². The minimum absolute atomic E-state index is 0.257. The second-order valence-corrected chi connectivity index (χ2v) is 5.65. The summed E-state index contributed by atoms with van der Waals surface area (Å²) in [6.07, 6.45) is 0. The topological polar surface area (TPSA) is 35.2 Å². The standard InChI is InChI=1S/C18H22FNO/c1-12(2)15-5-4-13(3)18(10-15)21-11-17(20)14-6-8-16(19)9-7-14/h4-10,12,17H,11,20H2,1-3H3. The molecular formula is C18H22FNO. The van der Waals surface area contributed by atoms with E-state index in [0.29, 0.717) is 12.5 Å². The molecule has 2 N–H and O–H groups in total. The van der Waals surface area contributed by atoms with Gasteiger partial charge in [0.25, 0.3) is 0 Å². The Morgan fingerprint density at radius 2 is 1.67 bits per heavy atom. The summed E-state index contributed by atoms with van der Waals surface area (Å²) in [5.74, 6) is 1.06. The fourth-order valence-corrected chi connectivity index (χ4v) is 2.12. The van der Waals surface area contributed by atoms with Gasteiger partial charge in [-0.1, -0.05) is 38.1 Å². The van der Waals surface area contributed by atoms with Crippen molar-refractivity contribution in [3.05, 3.63) is 65.0 Å². The van der Waals surface area contributed by atoms with Crippen molar-refractivity contribution in [3.8, 4) is 5.75 Å². The molecule has 0 bridgehead atoms. The van der Waals surface area contributed by atoms with Crippen LogP contribution in [0.1, 0.15) is 42.5 Å². The third kappa shape index (κ3) is 4.05. The Morgan fingerprint density at radius 3 is 2.29 bits per heavy atom. The Kier molecular flexibility index (Phi) is 4.97. The zero-order valence-electron chi connectivity index (χ0n) is 12.8. The monoisotopic (exact) mass is 287 g/mol. The Hall–Kier alpha value is -1.87. The number of hydrogen-bond donors (Lipinski definition) is 1. The van der Waals surface area contributed by atoms with E-state index in [4.69, 9.17) is 10.5 Å². The first kappa shape index (κ1) is 15.5. The highest BCUT2D eigenvalue weighted by Gasteiger charge is 2.09. The Labute approximate surface area is 125 Å². The average Bonchev–Trinajstić information content (AvgIpc) is 2.46. The van der Waals surface area contributed by atoms with Crippen LogP contribution in [-0.4, -0.2) is 6.61 Å². The lowest BCUT2D eigenvalue weighted by Crippen LogP contribution is -2.19. The normalized spacial score (nSPS) is 12.5. The van der Waals surface area contributed by atoms with Gasteiger partial charge in [0.2, 0.25) is 0 Å². The van der Waals surface area contributed by atoms with Gasteiger partial charge < -0.3 is 10.5 Å². The number of ether oxygens (including phenoxy) is 1. The van der Waals surface area contributed by atoms with E-state index in [1.165, 1.54) is 17.7 Å². The summed E-state index contributed by atoms with van der Waals surface area (Å²) < 4.78 is 18.8. The Balaban J connectivity index is 2.05. The zero-order chi connectivity index (χ0) is 15.4. The Morgan fingerprint density at radius 1 is 1.05 bits per heavy atom. The minimum atomic E-state index is -0.271. The van der Waals surface area contributed by atoms with Crippen LogP contribution >= 0.6 is 0 Å². The number of hydrogen-bond acceptors (Lipinski definition) is 2. The van der Waals surface area contributed by atoms with Gasteiger partial charge in [0.1, 0.15) is 18.2 Å². The second-order valence-electron chi connectivity index (χ2n) is 5.65. The van der Waals surface area contributed by atoms with Crippen LogP contribution in [0.15, 0.2) is 42.5 Å². The molecule has 0 spiro atoms. The SMILES string of the molecule is Cc1ccc(C(C)C)cc1OCC(N)c1ccc(F)cc1. The molecule has 0 aliphatic carbocycles. The van der Waals surface area contributed by atoms with E-state index in [2.05, 4.69) is 32.0 Å². The molecule has 1 atom stereocenters. The van der Waals surface area contributed by atoms with Crippen molar-refractivity contribution in [1.82, 2.24) is 0 Å². The predicted molar refractivity (Wildman–Crippen MR) is 84.1 cm³/mol. The van der Waals surface area contributed by atoms with Crippen molar-refractivity contribution >= 4 is 0 Å². The minimum Gasteiger partial charge on any atom is -0.491 e. The molecule has 0 amide bonds. The van der Waals surface area contributed by atoms with Crippen molar-refractivity contribution in [3.63, 3.8) is 0 Å². The molecule has 0 fully saturated rings. The van der Waals surface area contributed by atoms with Crippen LogP contribution in [0.25, 0.3) is 0 Å². The molecule has 2 nitrogen and oxygen atoms in total. The van der Waals surface area contributed by atoms with Gasteiger partial charge in [-0.3, -0.25) is 0 Å². The summed E-state index contributed by atoms with van der Waals surface area (Å²) >= 11 is 0. The Bertz CT molecular complexity index is 593. The maximum atomic E-state index is 12.9. The molecule has 0 saturated carbocycles. The first-order chi connectivity index (χ1) is 9.97. The smallest absolute Gasteiger partial charge is 0.123 e. The van der Waals surface area contributed by atoms with Gasteiger partial charge in [0, 0.05) is 0 Å². The largest absolute Gasteiger partial charge is 0.491 e. The third-order valence-electron chi connectivity index (χ3n) is 3.60. The molecule has 21 heavy (non-hydrogen) atoms. The number of rotatable bonds is 5. The summed E-state index contributed by atoms with van der Waals surface area (Å²) in [6.45, 7) is 6.69. The van der Waals surface area contributed by atoms with Gasteiger partial charge >= 0.3 is 0 Å². The van der Waals surface area contributed by atoms with E-state index in [-0.39, 0.29) is 11.9 Å². The van der Waals surface area contributed by atoms with E-state index in [1.807, 2.05) is 6.92 Å². The fraction of sp³-hybridized carbons (Fsp3) is 0.333. The van der Waals surface area contributed by atoms with Crippen LogP contribution in [0, 0.1) is 12.7 Å². The molecule has 0 aromatic heterocycles. The van der Waals surface area contributed by atoms with Crippen LogP contribution < -0.4 is 10.5 Å². The van der Waals surface area contributed by atoms with Gasteiger partial charge in [-0.05, 0) is 47.7 Å². The predicted octanol–water partition coefficient (Wildman–Crippen LogP) is 4.34. The van der Waals surface area contributed by atoms with Gasteiger partial charge in [-0.2, -0.15) is 0 Å². The van der Waals surface area contributed by atoms with Gasteiger partial charge in [-0.15, -0.1) is 0 Å². The lowest BCUT2D eigenvalue weighted by molar-refractivity contribution is 0.288. The molecule has 0 aliphatic rings. The first-order valence-electron chi connectivity index (χ1n) is 7.21. The number of benzene rings is 2. The number of nitrogens with two attached hydrogens (primary N) is 1. The first-order valence-corrected chi connectivity index (χ1v) is 7.21. The molecule has 3 heteroatoms. The highest BCUT2D eigenvalue weighted by Crippen LogP contribution is 2.25. The summed E-state index contributed by atoms with van der Waals surface area (Å²) in [5, 5.41) is 0. The summed E-state index contributed by atoms with van der Waals surface area (Å²) in [5.41, 5.74) is 9.29. The average molecular weight is 287 g/mol. The highest BCUT2D eigenvalue weighted by molar-refractivity contribution is 5.38. The van der Waals surface area contributed by atoms with Crippen LogP contribution in [0.2, 0.25) is 0 Å². The number of halogens is 1. The maximum absolute atomic E-state index is 12.9. The van der Waals surface area contributed by atoms with E-state index < -0.39 is 0 Å². The van der Waals surface area contributed by atoms with Gasteiger partial charge in [0.15, 0.2) is 0 Å². The van der Waals surface area contributed by atoms with E-state index in [9.17, 15) is 4.39 Å². The molecule has 1 unspecified atom stereocenters. The molecule has 2 aromatic rings. The second kappa shape index (κ2) is 6.72. The summed E-state index contributed by atoms with van der Waals surface area (Å²) in [4.78, 5) is 0. The lowest BCUT2D eigenvalue weighted by Gasteiger charge is -2.16. The highest BCUT2D eigenvalue weighted by atomic mass is 19.1. The van der Waals surface area contributed by atoms with E-state index in [1.54, 1.807) is 12.1 Å². The van der Waals surface area contributed by atoms with E-state index in [0.717, 1.165) is 16.9 Å². The van der Waals surface area contributed by atoms with Crippen LogP contribution in [-0.2, 0) is 0 Å². The number of aryl methyl sites for hydroxylation is 1. The molecule has 0 radical (unpaired) electrons. The quantitative estimate of drug-likeness (QED) is 0.888. The van der Waals surface area contributed by atoms with Crippen molar-refractivity contribution in [2.45, 2.75) is 32.7 Å². The summed E-state index contributed by atoms with van der Waals surface area (Å²) in [7, 11) is 0. The van der Waals surface area contributed by atoms with E-state index >= 15 is 0 Å². The van der Waals surface area contributed by atoms with Crippen molar-refractivity contribution in [2.24, 2.45) is 5.73 Å². The third-order valence-corrected chi connectivity index (χ3v) is 3.60. The molecule has 2 rings (SSSR count). The molecule has 2 aromatic carbocycles. The van der Waals surface area contributed by atoms with Crippen molar-refractivity contribution in [1.29, 1.82) is 0 Å². The fourth-order valence-electron chi connectivity index (χ4n) is 2.12. The molecule has 112 valence electrons.